The third-order valence-electron chi connectivity index (χ3n) is 4.63. The lowest BCUT2D eigenvalue weighted by Gasteiger charge is -2.08. The van der Waals surface area contributed by atoms with E-state index in [9.17, 15) is 18.5 Å². The molecule has 0 radical (unpaired) electrons. The molecule has 35 heavy (non-hydrogen) atoms. The number of aromatic nitrogens is 2. The smallest absolute Gasteiger partial charge is 0.268 e. The molecule has 1 aromatic heterocycles. The number of anilines is 1. The topological polar surface area (TPSA) is 131 Å². The molecule has 0 aliphatic heterocycles. The van der Waals surface area contributed by atoms with E-state index in [1.807, 2.05) is 36.4 Å². The first-order valence-electron chi connectivity index (χ1n) is 10.7. The van der Waals surface area contributed by atoms with Crippen molar-refractivity contribution >= 4 is 38.5 Å². The van der Waals surface area contributed by atoms with Crippen LogP contribution in [-0.4, -0.2) is 42.1 Å². The van der Waals surface area contributed by atoms with Gasteiger partial charge in [-0.3, -0.25) is 10.1 Å². The van der Waals surface area contributed by atoms with Crippen LogP contribution in [0, 0.1) is 11.3 Å². The summed E-state index contributed by atoms with van der Waals surface area (Å²) in [4.78, 5) is 16.3. The summed E-state index contributed by atoms with van der Waals surface area (Å²) in [6, 6.07) is 18.3. The van der Waals surface area contributed by atoms with Crippen molar-refractivity contribution < 1.29 is 22.7 Å². The van der Waals surface area contributed by atoms with Gasteiger partial charge in [-0.15, -0.1) is 0 Å². The molecule has 0 spiro atoms. The third-order valence-corrected chi connectivity index (χ3v) is 7.31. The summed E-state index contributed by atoms with van der Waals surface area (Å²) < 4.78 is 39.4. The molecule has 0 atom stereocenters. The maximum absolute atomic E-state index is 12.5. The lowest BCUT2D eigenvalue weighted by atomic mass is 10.1. The SMILES string of the molecule is CC(C)S(=O)(=O)c1nsc(NC(=O)C(C#N)=Cc2ccc(OCCCOc3ccccc3)cc2)n1. The van der Waals surface area contributed by atoms with E-state index < -0.39 is 21.0 Å². The number of nitrogens with zero attached hydrogens (tertiary/aromatic N) is 3. The van der Waals surface area contributed by atoms with Crippen molar-refractivity contribution in [3.05, 3.63) is 65.7 Å². The van der Waals surface area contributed by atoms with E-state index in [2.05, 4.69) is 14.7 Å². The van der Waals surface area contributed by atoms with Crippen LogP contribution in [0.25, 0.3) is 6.08 Å². The molecule has 1 N–H and O–H groups in total. The van der Waals surface area contributed by atoms with Gasteiger partial charge in [0.25, 0.3) is 11.1 Å². The standard InChI is InChI=1S/C24H24N4O5S2/c1-17(2)35(30,31)24-27-23(34-28-24)26-22(29)19(16-25)15-18-9-11-21(12-10-18)33-14-6-13-32-20-7-4-3-5-8-20/h3-5,7-12,15,17H,6,13-14H2,1-2H3,(H,26,27,28,29). The molecular formula is C24H24N4O5S2. The number of carbonyl (C=O) groups excluding carboxylic acids is 1. The number of hydrogen-bond donors (Lipinski definition) is 1. The summed E-state index contributed by atoms with van der Waals surface area (Å²) in [5, 5.41) is 10.8. The van der Waals surface area contributed by atoms with Crippen LogP contribution in [0.3, 0.4) is 0 Å². The summed E-state index contributed by atoms with van der Waals surface area (Å²) in [7, 11) is -3.65. The van der Waals surface area contributed by atoms with E-state index in [4.69, 9.17) is 9.47 Å². The number of amides is 1. The number of carbonyl (C=O) groups is 1. The molecule has 3 rings (SSSR count). The van der Waals surface area contributed by atoms with Gasteiger partial charge in [0.15, 0.2) is 0 Å². The van der Waals surface area contributed by atoms with E-state index in [0.717, 1.165) is 17.3 Å². The number of rotatable bonds is 11. The summed E-state index contributed by atoms with van der Waals surface area (Å²) in [5.74, 6) is 0.751. The van der Waals surface area contributed by atoms with Crippen molar-refractivity contribution in [2.75, 3.05) is 18.5 Å². The Morgan fingerprint density at radius 3 is 2.31 bits per heavy atom. The lowest BCUT2D eigenvalue weighted by molar-refractivity contribution is -0.112. The largest absolute Gasteiger partial charge is 0.493 e. The van der Waals surface area contributed by atoms with Gasteiger partial charge in [-0.2, -0.15) is 14.6 Å². The second kappa shape index (κ2) is 12.1. The fourth-order valence-electron chi connectivity index (χ4n) is 2.68. The Balaban J connectivity index is 1.52. The highest BCUT2D eigenvalue weighted by Crippen LogP contribution is 2.20. The number of hydrogen-bond acceptors (Lipinski definition) is 9. The van der Waals surface area contributed by atoms with Crippen LogP contribution in [-0.2, 0) is 14.6 Å². The number of para-hydroxylation sites is 1. The van der Waals surface area contributed by atoms with Crippen LogP contribution in [0.4, 0.5) is 5.13 Å². The van der Waals surface area contributed by atoms with E-state index in [0.29, 0.717) is 30.9 Å². The monoisotopic (exact) mass is 512 g/mol. The van der Waals surface area contributed by atoms with Crippen molar-refractivity contribution in [3.63, 3.8) is 0 Å². The molecule has 1 amide bonds. The average Bonchev–Trinajstić information content (AvgIpc) is 3.33. The van der Waals surface area contributed by atoms with Crippen LogP contribution in [0.15, 0.2) is 65.3 Å². The molecule has 0 bridgehead atoms. The van der Waals surface area contributed by atoms with Crippen molar-refractivity contribution in [1.29, 1.82) is 5.26 Å². The van der Waals surface area contributed by atoms with Gasteiger partial charge in [0, 0.05) is 18.0 Å². The predicted molar refractivity (Wildman–Crippen MR) is 133 cm³/mol. The van der Waals surface area contributed by atoms with Gasteiger partial charge in [0.2, 0.25) is 15.0 Å². The van der Waals surface area contributed by atoms with Gasteiger partial charge >= 0.3 is 0 Å². The Morgan fingerprint density at radius 2 is 1.71 bits per heavy atom. The number of sulfone groups is 1. The maximum Gasteiger partial charge on any atom is 0.268 e. The summed E-state index contributed by atoms with van der Waals surface area (Å²) in [5.41, 5.74) is 0.456. The Kier molecular flexibility index (Phi) is 8.94. The molecule has 0 saturated heterocycles. The number of ether oxygens (including phenoxy) is 2. The van der Waals surface area contributed by atoms with Crippen molar-refractivity contribution in [2.45, 2.75) is 30.7 Å². The molecule has 2 aromatic carbocycles. The first-order valence-corrected chi connectivity index (χ1v) is 13.0. The summed E-state index contributed by atoms with van der Waals surface area (Å²) in [6.45, 7) is 4.04. The Bertz CT molecular complexity index is 1310. The highest BCUT2D eigenvalue weighted by molar-refractivity contribution is 7.91. The van der Waals surface area contributed by atoms with Gasteiger partial charge in [-0.1, -0.05) is 30.3 Å². The van der Waals surface area contributed by atoms with E-state index in [1.165, 1.54) is 19.9 Å². The van der Waals surface area contributed by atoms with Crippen LogP contribution in [0.5, 0.6) is 11.5 Å². The Labute approximate surface area is 208 Å². The van der Waals surface area contributed by atoms with E-state index in [-0.39, 0.29) is 15.9 Å². The maximum atomic E-state index is 12.5. The number of nitrogens with one attached hydrogen (secondary N) is 1. The first-order chi connectivity index (χ1) is 16.8. The van der Waals surface area contributed by atoms with Gasteiger partial charge in [-0.05, 0) is 49.8 Å². The van der Waals surface area contributed by atoms with Gasteiger partial charge in [0.1, 0.15) is 23.1 Å². The van der Waals surface area contributed by atoms with Crippen LogP contribution in [0.1, 0.15) is 25.8 Å². The molecule has 182 valence electrons. The van der Waals surface area contributed by atoms with E-state index in [1.54, 1.807) is 24.3 Å². The number of benzene rings is 2. The minimum absolute atomic E-state index is 0.00429. The van der Waals surface area contributed by atoms with Crippen molar-refractivity contribution in [3.8, 4) is 17.6 Å². The van der Waals surface area contributed by atoms with Crippen molar-refractivity contribution in [1.82, 2.24) is 9.36 Å². The molecule has 9 nitrogen and oxygen atoms in total. The highest BCUT2D eigenvalue weighted by atomic mass is 32.2. The normalized spacial score (nSPS) is 11.7. The molecular weight excluding hydrogens is 488 g/mol. The second-order valence-corrected chi connectivity index (χ2v) is 10.7. The van der Waals surface area contributed by atoms with Crippen LogP contribution in [0.2, 0.25) is 0 Å². The van der Waals surface area contributed by atoms with Gasteiger partial charge in [-0.25, -0.2) is 8.42 Å². The highest BCUT2D eigenvalue weighted by Gasteiger charge is 2.25. The molecule has 11 heteroatoms. The van der Waals surface area contributed by atoms with E-state index >= 15 is 0 Å². The quantitative estimate of drug-likeness (QED) is 0.231. The minimum Gasteiger partial charge on any atom is -0.493 e. The predicted octanol–water partition coefficient (Wildman–Crippen LogP) is 4.11. The Hall–Kier alpha value is -3.75. The third kappa shape index (κ3) is 7.37. The zero-order chi connectivity index (χ0) is 25.3. The fraction of sp³-hybridized carbons (Fsp3) is 0.250. The summed E-state index contributed by atoms with van der Waals surface area (Å²) in [6.07, 6.45) is 2.13. The molecule has 0 fully saturated rings. The second-order valence-electron chi connectivity index (χ2n) is 7.53. The van der Waals surface area contributed by atoms with Gasteiger partial charge in [0.05, 0.1) is 18.5 Å². The summed E-state index contributed by atoms with van der Waals surface area (Å²) >= 11 is 0.734. The molecule has 1 heterocycles. The lowest BCUT2D eigenvalue weighted by Crippen LogP contribution is -2.16. The molecule has 3 aromatic rings. The molecule has 0 aliphatic carbocycles. The molecule has 0 unspecified atom stereocenters. The van der Waals surface area contributed by atoms with Crippen LogP contribution >= 0.6 is 11.5 Å². The Morgan fingerprint density at radius 1 is 1.09 bits per heavy atom. The zero-order valence-corrected chi connectivity index (χ0v) is 20.8. The fourth-order valence-corrected chi connectivity index (χ4v) is 4.38. The van der Waals surface area contributed by atoms with Crippen LogP contribution < -0.4 is 14.8 Å². The van der Waals surface area contributed by atoms with Gasteiger partial charge < -0.3 is 9.47 Å². The minimum atomic E-state index is -3.65. The zero-order valence-electron chi connectivity index (χ0n) is 19.2. The average molecular weight is 513 g/mol. The first kappa shape index (κ1) is 25.9. The molecule has 0 aliphatic rings. The molecule has 0 saturated carbocycles. The number of nitriles is 1. The van der Waals surface area contributed by atoms with Crippen molar-refractivity contribution in [2.24, 2.45) is 0 Å².